The van der Waals surface area contributed by atoms with Crippen LogP contribution in [0.1, 0.15) is 21.0 Å². The highest BCUT2D eigenvalue weighted by Crippen LogP contribution is 2.37. The van der Waals surface area contributed by atoms with Gasteiger partial charge in [0, 0.05) is 23.5 Å². The van der Waals surface area contributed by atoms with Gasteiger partial charge in [-0.15, -0.1) is 0 Å². The molecular weight excluding hydrogens is 459 g/mol. The lowest BCUT2D eigenvalue weighted by Crippen LogP contribution is -1.90. The molecule has 9 heteroatoms. The summed E-state index contributed by atoms with van der Waals surface area (Å²) in [5, 5.41) is 1.06. The number of rotatable bonds is 4. The van der Waals surface area contributed by atoms with Crippen LogP contribution in [0, 0.1) is 0 Å². The van der Waals surface area contributed by atoms with Gasteiger partial charge in [0.25, 0.3) is 0 Å². The molecule has 0 spiro atoms. The highest BCUT2D eigenvalue weighted by molar-refractivity contribution is 6.36. The second-order valence-corrected chi connectivity index (χ2v) is 7.86. The Morgan fingerprint density at radius 2 is 1.16 bits per heavy atom. The summed E-state index contributed by atoms with van der Waals surface area (Å²) in [6.45, 7) is 0. The Balaban J connectivity index is 1.64. The average molecular weight is 470 g/mol. The van der Waals surface area contributed by atoms with E-state index in [4.69, 9.17) is 34.8 Å². The number of carbonyl (C=O) groups is 2. The number of imidazole rings is 2. The zero-order valence-corrected chi connectivity index (χ0v) is 17.9. The van der Waals surface area contributed by atoms with Crippen LogP contribution >= 0.6 is 34.8 Å². The topological polar surface area (TPSA) is 68.7 Å². The van der Waals surface area contributed by atoms with Crippen LogP contribution in [0.25, 0.3) is 33.5 Å². The normalized spacial score (nSPS) is 11.3. The fraction of sp³-hybridized carbons (Fsp3) is 0. The van der Waals surface area contributed by atoms with E-state index in [2.05, 4.69) is 9.97 Å². The number of nitrogens with zero attached hydrogens (tertiary/aromatic N) is 4. The summed E-state index contributed by atoms with van der Waals surface area (Å²) in [6, 6.07) is 13.0. The first-order valence-corrected chi connectivity index (χ1v) is 10.2. The molecule has 0 aliphatic carbocycles. The predicted octanol–water partition coefficient (Wildman–Crippen LogP) is 5.90. The molecule has 0 aliphatic rings. The van der Waals surface area contributed by atoms with Crippen molar-refractivity contribution in [2.75, 3.05) is 0 Å². The van der Waals surface area contributed by atoms with Crippen LogP contribution in [-0.2, 0) is 0 Å². The van der Waals surface area contributed by atoms with Gasteiger partial charge in [0.2, 0.25) is 0 Å². The third-order valence-electron chi connectivity index (χ3n) is 5.03. The molecule has 6 nitrogen and oxygen atoms in total. The molecule has 0 saturated heterocycles. The molecular formula is C22H11Cl3N4O2. The smallest absolute Gasteiger partial charge is 0.171 e. The fourth-order valence-corrected chi connectivity index (χ4v) is 4.33. The van der Waals surface area contributed by atoms with Gasteiger partial charge in [0.1, 0.15) is 33.0 Å². The summed E-state index contributed by atoms with van der Waals surface area (Å²) in [7, 11) is 0. The fourth-order valence-electron chi connectivity index (χ4n) is 3.53. The molecule has 0 saturated carbocycles. The van der Waals surface area contributed by atoms with Gasteiger partial charge in [-0.05, 0) is 35.4 Å². The molecule has 0 radical (unpaired) electrons. The first-order chi connectivity index (χ1) is 15.0. The number of pyridine rings is 2. The first-order valence-electron chi connectivity index (χ1n) is 9.06. The monoisotopic (exact) mass is 468 g/mol. The molecule has 0 fully saturated rings. The third-order valence-corrected chi connectivity index (χ3v) is 6.19. The maximum atomic E-state index is 11.1. The quantitative estimate of drug-likeness (QED) is 0.307. The number of halogens is 3. The maximum absolute atomic E-state index is 11.1. The number of hydrogen-bond donors (Lipinski definition) is 0. The molecule has 0 atom stereocenters. The Morgan fingerprint density at radius 3 is 1.58 bits per heavy atom. The Kier molecular flexibility index (Phi) is 4.78. The second-order valence-electron chi connectivity index (χ2n) is 6.77. The molecule has 4 heterocycles. The van der Waals surface area contributed by atoms with Gasteiger partial charge in [0.15, 0.2) is 12.6 Å². The average Bonchev–Trinajstić information content (AvgIpc) is 3.29. The Labute approximate surface area is 190 Å². The van der Waals surface area contributed by atoms with E-state index in [0.717, 1.165) is 22.3 Å². The van der Waals surface area contributed by atoms with E-state index in [-0.39, 0.29) is 21.7 Å². The SMILES string of the molecule is O=Cc1nc2cc(-c3cccc(-c4ccn5c(Cl)c(C=O)nc5c4)c3Cl)ccn2c1Cl. The van der Waals surface area contributed by atoms with E-state index < -0.39 is 0 Å². The summed E-state index contributed by atoms with van der Waals surface area (Å²) in [5.74, 6) is 0. The highest BCUT2D eigenvalue weighted by atomic mass is 35.5. The van der Waals surface area contributed by atoms with Crippen LogP contribution in [0.2, 0.25) is 15.3 Å². The number of aldehydes is 2. The lowest BCUT2D eigenvalue weighted by Gasteiger charge is -2.11. The van der Waals surface area contributed by atoms with E-state index >= 15 is 0 Å². The van der Waals surface area contributed by atoms with Crippen molar-refractivity contribution in [1.82, 2.24) is 18.8 Å². The minimum Gasteiger partial charge on any atom is -0.296 e. The Morgan fingerprint density at radius 1 is 0.710 bits per heavy atom. The Hall–Kier alpha value is -3.19. The first kappa shape index (κ1) is 19.8. The van der Waals surface area contributed by atoms with Crippen molar-refractivity contribution in [3.05, 3.63) is 81.6 Å². The van der Waals surface area contributed by atoms with Crippen molar-refractivity contribution in [2.24, 2.45) is 0 Å². The number of carbonyl (C=O) groups excluding carboxylic acids is 2. The summed E-state index contributed by atoms with van der Waals surface area (Å²) in [5.41, 5.74) is 4.69. The number of hydrogen-bond acceptors (Lipinski definition) is 4. The van der Waals surface area contributed by atoms with Crippen molar-refractivity contribution in [1.29, 1.82) is 0 Å². The molecule has 5 rings (SSSR count). The minimum atomic E-state index is 0.181. The van der Waals surface area contributed by atoms with Crippen molar-refractivity contribution in [2.45, 2.75) is 0 Å². The molecule has 0 N–H and O–H groups in total. The molecule has 0 bridgehead atoms. The lowest BCUT2D eigenvalue weighted by atomic mass is 10.00. The van der Waals surface area contributed by atoms with Gasteiger partial charge < -0.3 is 0 Å². The van der Waals surface area contributed by atoms with E-state index in [1.54, 1.807) is 21.2 Å². The van der Waals surface area contributed by atoms with Crippen LogP contribution in [0.5, 0.6) is 0 Å². The molecule has 5 aromatic rings. The van der Waals surface area contributed by atoms with E-state index in [0.29, 0.717) is 28.9 Å². The van der Waals surface area contributed by atoms with Crippen molar-refractivity contribution < 1.29 is 9.59 Å². The standard InChI is InChI=1S/C22H11Cl3N4O2/c23-20-14(12-4-6-28-18(8-12)26-16(10-30)21(28)24)2-1-3-15(20)13-5-7-29-19(9-13)27-17(11-31)22(29)25/h1-11H. The summed E-state index contributed by atoms with van der Waals surface area (Å²) < 4.78 is 3.26. The minimum absolute atomic E-state index is 0.181. The van der Waals surface area contributed by atoms with Crippen LogP contribution in [-0.4, -0.2) is 31.3 Å². The van der Waals surface area contributed by atoms with Crippen molar-refractivity contribution in [3.8, 4) is 22.3 Å². The van der Waals surface area contributed by atoms with Gasteiger partial charge >= 0.3 is 0 Å². The van der Waals surface area contributed by atoms with Crippen LogP contribution < -0.4 is 0 Å². The number of aromatic nitrogens is 4. The summed E-state index contributed by atoms with van der Waals surface area (Å²) in [6.07, 6.45) is 4.73. The van der Waals surface area contributed by atoms with E-state index in [1.807, 2.05) is 42.5 Å². The summed E-state index contributed by atoms with van der Waals surface area (Å²) in [4.78, 5) is 30.7. The van der Waals surface area contributed by atoms with Crippen molar-refractivity contribution in [3.63, 3.8) is 0 Å². The molecule has 0 aliphatic heterocycles. The number of fused-ring (bicyclic) bond motifs is 2. The second kappa shape index (κ2) is 7.50. The molecule has 4 aromatic heterocycles. The van der Waals surface area contributed by atoms with Crippen molar-refractivity contribution >= 4 is 58.7 Å². The third kappa shape index (κ3) is 3.11. The molecule has 0 amide bonds. The molecule has 0 unspecified atom stereocenters. The molecule has 1 aromatic carbocycles. The zero-order valence-electron chi connectivity index (χ0n) is 15.6. The van der Waals surface area contributed by atoms with Gasteiger partial charge in [-0.2, -0.15) is 0 Å². The maximum Gasteiger partial charge on any atom is 0.171 e. The zero-order chi connectivity index (χ0) is 21.7. The predicted molar refractivity (Wildman–Crippen MR) is 121 cm³/mol. The van der Waals surface area contributed by atoms with E-state index in [9.17, 15) is 9.59 Å². The summed E-state index contributed by atoms with van der Waals surface area (Å²) >= 11 is 19.1. The van der Waals surface area contributed by atoms with Gasteiger partial charge in [-0.25, -0.2) is 9.97 Å². The van der Waals surface area contributed by atoms with Gasteiger partial charge in [-0.3, -0.25) is 18.4 Å². The van der Waals surface area contributed by atoms with E-state index in [1.165, 1.54) is 0 Å². The number of benzene rings is 1. The van der Waals surface area contributed by atoms with Crippen LogP contribution in [0.4, 0.5) is 0 Å². The largest absolute Gasteiger partial charge is 0.296 e. The molecule has 31 heavy (non-hydrogen) atoms. The Bertz CT molecular complexity index is 1410. The molecule has 152 valence electrons. The van der Waals surface area contributed by atoms with Crippen LogP contribution in [0.15, 0.2) is 54.9 Å². The van der Waals surface area contributed by atoms with Gasteiger partial charge in [0.05, 0.1) is 5.02 Å². The van der Waals surface area contributed by atoms with Gasteiger partial charge in [-0.1, -0.05) is 53.0 Å². The van der Waals surface area contributed by atoms with Crippen LogP contribution in [0.3, 0.4) is 0 Å². The highest BCUT2D eigenvalue weighted by Gasteiger charge is 2.15. The lowest BCUT2D eigenvalue weighted by molar-refractivity contribution is 0.111.